The van der Waals surface area contributed by atoms with Crippen LogP contribution >= 0.6 is 0 Å². The van der Waals surface area contributed by atoms with E-state index in [-0.39, 0.29) is 10.5 Å². The van der Waals surface area contributed by atoms with Gasteiger partial charge >= 0.3 is 0 Å². The number of aromatic nitrogens is 1. The van der Waals surface area contributed by atoms with E-state index in [0.29, 0.717) is 16.9 Å². The standard InChI is InChI=1S/C24H33N3O4S.C5H5N/c1-7-26-10-12-27(13-11-26)20-8-9-21(22(15-20)31-6)24(28)25-32(29,30)23-17(3)14-16(2)18(4)19(23)5;1-2-4-6-5-3-1/h8-9,14-15H,7,10-13H2,1-6H3,(H,25,28);1-5H. The molecule has 1 aliphatic rings. The van der Waals surface area contributed by atoms with Gasteiger partial charge < -0.3 is 14.5 Å². The first-order valence-electron chi connectivity index (χ1n) is 12.7. The van der Waals surface area contributed by atoms with Crippen LogP contribution in [-0.2, 0) is 10.0 Å². The minimum atomic E-state index is -4.04. The van der Waals surface area contributed by atoms with E-state index >= 15 is 0 Å². The van der Waals surface area contributed by atoms with Crippen LogP contribution in [0, 0.1) is 27.7 Å². The average molecular weight is 539 g/mol. The number of sulfonamides is 1. The van der Waals surface area contributed by atoms with E-state index < -0.39 is 15.9 Å². The quantitative estimate of drug-likeness (QED) is 0.501. The van der Waals surface area contributed by atoms with Crippen molar-refractivity contribution < 1.29 is 17.9 Å². The van der Waals surface area contributed by atoms with Crippen molar-refractivity contribution in [2.24, 2.45) is 0 Å². The highest BCUT2D eigenvalue weighted by Crippen LogP contribution is 2.29. The molecule has 0 bridgehead atoms. The molecule has 9 heteroatoms. The van der Waals surface area contributed by atoms with Gasteiger partial charge in [-0.05, 0) is 80.8 Å². The lowest BCUT2D eigenvalue weighted by Crippen LogP contribution is -2.46. The number of carbonyl (C=O) groups is 1. The maximum Gasteiger partial charge on any atom is 0.268 e. The number of nitrogens with one attached hydrogen (secondary N) is 1. The SMILES string of the molecule is CCN1CCN(c2ccc(C(=O)NS(=O)(=O)c3c(C)cc(C)c(C)c3C)c(OC)c2)CC1.c1ccncc1. The average Bonchev–Trinajstić information content (AvgIpc) is 2.92. The van der Waals surface area contributed by atoms with Gasteiger partial charge in [0.05, 0.1) is 17.6 Å². The second-order valence-corrected chi connectivity index (χ2v) is 11.0. The molecule has 1 saturated heterocycles. The van der Waals surface area contributed by atoms with Gasteiger partial charge in [-0.15, -0.1) is 0 Å². The van der Waals surface area contributed by atoms with Crippen molar-refractivity contribution in [2.75, 3.05) is 44.7 Å². The Morgan fingerprint density at radius 2 is 1.61 bits per heavy atom. The molecule has 1 amide bonds. The van der Waals surface area contributed by atoms with Crippen molar-refractivity contribution in [1.82, 2.24) is 14.6 Å². The highest BCUT2D eigenvalue weighted by atomic mass is 32.2. The third-order valence-electron chi connectivity index (χ3n) is 6.96. The Hall–Kier alpha value is -3.43. The number of methoxy groups -OCH3 is 1. The van der Waals surface area contributed by atoms with E-state index in [0.717, 1.165) is 49.5 Å². The van der Waals surface area contributed by atoms with Gasteiger partial charge in [-0.25, -0.2) is 13.1 Å². The van der Waals surface area contributed by atoms with E-state index in [1.807, 2.05) is 44.2 Å². The molecule has 2 heterocycles. The Labute approximate surface area is 226 Å². The van der Waals surface area contributed by atoms with Gasteiger partial charge in [0.25, 0.3) is 15.9 Å². The van der Waals surface area contributed by atoms with Crippen LogP contribution in [0.15, 0.2) is 59.8 Å². The van der Waals surface area contributed by atoms with Gasteiger partial charge in [0.1, 0.15) is 5.75 Å². The first kappa shape index (κ1) is 29.1. The fourth-order valence-corrected chi connectivity index (χ4v) is 6.10. The van der Waals surface area contributed by atoms with Crippen LogP contribution < -0.4 is 14.4 Å². The summed E-state index contributed by atoms with van der Waals surface area (Å²) in [5, 5.41) is 0. The Balaban J connectivity index is 0.000000585. The molecule has 4 rings (SSSR count). The summed E-state index contributed by atoms with van der Waals surface area (Å²) in [7, 11) is -2.56. The smallest absolute Gasteiger partial charge is 0.268 e. The van der Waals surface area contributed by atoms with E-state index in [2.05, 4.69) is 26.4 Å². The summed E-state index contributed by atoms with van der Waals surface area (Å²) in [6.07, 6.45) is 3.50. The number of carbonyl (C=O) groups excluding carboxylic acids is 1. The van der Waals surface area contributed by atoms with Gasteiger partial charge in [-0.1, -0.05) is 19.1 Å². The molecular weight excluding hydrogens is 500 g/mol. The lowest BCUT2D eigenvalue weighted by molar-refractivity contribution is 0.0978. The second kappa shape index (κ2) is 12.9. The maximum atomic E-state index is 13.1. The molecule has 38 heavy (non-hydrogen) atoms. The van der Waals surface area contributed by atoms with Crippen molar-refractivity contribution in [3.8, 4) is 5.75 Å². The fourth-order valence-electron chi connectivity index (χ4n) is 4.60. The third-order valence-corrected chi connectivity index (χ3v) is 8.58. The number of ether oxygens (including phenoxy) is 1. The lowest BCUT2D eigenvalue weighted by atomic mass is 10.0. The van der Waals surface area contributed by atoms with E-state index in [1.54, 1.807) is 38.4 Å². The monoisotopic (exact) mass is 538 g/mol. The Kier molecular flexibility index (Phi) is 9.88. The lowest BCUT2D eigenvalue weighted by Gasteiger charge is -2.35. The molecule has 8 nitrogen and oxygen atoms in total. The summed E-state index contributed by atoms with van der Waals surface area (Å²) in [4.78, 5) is 21.5. The number of pyridine rings is 1. The first-order valence-corrected chi connectivity index (χ1v) is 14.2. The molecule has 1 N–H and O–H groups in total. The van der Waals surface area contributed by atoms with Crippen LogP contribution in [0.4, 0.5) is 5.69 Å². The Morgan fingerprint density at radius 1 is 0.947 bits per heavy atom. The number of piperazine rings is 1. The van der Waals surface area contributed by atoms with Crippen LogP contribution in [0.1, 0.15) is 39.5 Å². The van der Waals surface area contributed by atoms with Crippen LogP contribution in [0.3, 0.4) is 0 Å². The molecule has 3 aromatic rings. The first-order chi connectivity index (χ1) is 18.1. The summed E-state index contributed by atoms with van der Waals surface area (Å²) < 4.78 is 33.9. The molecule has 0 atom stereocenters. The number of aryl methyl sites for hydroxylation is 2. The molecule has 2 aromatic carbocycles. The normalized spacial score (nSPS) is 13.9. The number of hydrogen-bond donors (Lipinski definition) is 1. The van der Waals surface area contributed by atoms with E-state index in [1.165, 1.54) is 7.11 Å². The van der Waals surface area contributed by atoms with Crippen LogP contribution in [0.2, 0.25) is 0 Å². The third kappa shape index (κ3) is 6.90. The largest absolute Gasteiger partial charge is 0.496 e. The van der Waals surface area contributed by atoms with Gasteiger partial charge in [-0.3, -0.25) is 9.78 Å². The van der Waals surface area contributed by atoms with Crippen molar-refractivity contribution in [2.45, 2.75) is 39.5 Å². The van der Waals surface area contributed by atoms with Crippen molar-refractivity contribution in [3.63, 3.8) is 0 Å². The topological polar surface area (TPSA) is 91.8 Å². The molecule has 1 fully saturated rings. The molecule has 1 aromatic heterocycles. The van der Waals surface area contributed by atoms with Crippen molar-refractivity contribution >= 4 is 21.6 Å². The summed E-state index contributed by atoms with van der Waals surface area (Å²) in [5.74, 6) is -0.358. The van der Waals surface area contributed by atoms with Gasteiger partial charge in [0, 0.05) is 50.3 Å². The zero-order valence-electron chi connectivity index (χ0n) is 23.1. The number of likely N-dealkylation sites (N-methyl/N-ethyl adjacent to an activating group) is 1. The number of rotatable bonds is 6. The zero-order valence-corrected chi connectivity index (χ0v) is 23.9. The van der Waals surface area contributed by atoms with Gasteiger partial charge in [-0.2, -0.15) is 0 Å². The highest BCUT2D eigenvalue weighted by molar-refractivity contribution is 7.90. The fraction of sp³-hybridized carbons (Fsp3) is 0.379. The van der Waals surface area contributed by atoms with Crippen LogP contribution in [-0.4, -0.2) is 64.0 Å². The van der Waals surface area contributed by atoms with E-state index in [9.17, 15) is 13.2 Å². The number of amides is 1. The molecule has 0 radical (unpaired) electrons. The summed E-state index contributed by atoms with van der Waals surface area (Å²) in [5.41, 5.74) is 4.32. The van der Waals surface area contributed by atoms with Crippen molar-refractivity contribution in [1.29, 1.82) is 0 Å². The van der Waals surface area contributed by atoms with Gasteiger partial charge in [0.15, 0.2) is 0 Å². The van der Waals surface area contributed by atoms with Gasteiger partial charge in [0.2, 0.25) is 0 Å². The summed E-state index contributed by atoms with van der Waals surface area (Å²) in [6.45, 7) is 14.3. The number of anilines is 1. The Morgan fingerprint density at radius 3 is 2.13 bits per heavy atom. The van der Waals surface area contributed by atoms with Crippen LogP contribution in [0.25, 0.3) is 0 Å². The molecule has 0 aliphatic carbocycles. The maximum absolute atomic E-state index is 13.1. The number of hydrogen-bond acceptors (Lipinski definition) is 7. The summed E-state index contributed by atoms with van der Waals surface area (Å²) in [6, 6.07) is 12.8. The Bertz CT molecular complexity index is 1330. The minimum Gasteiger partial charge on any atom is -0.496 e. The minimum absolute atomic E-state index is 0.151. The van der Waals surface area contributed by atoms with E-state index in [4.69, 9.17) is 4.74 Å². The molecule has 0 spiro atoms. The predicted octanol–water partition coefficient (Wildman–Crippen LogP) is 4.27. The zero-order chi connectivity index (χ0) is 27.9. The highest BCUT2D eigenvalue weighted by Gasteiger charge is 2.26. The van der Waals surface area contributed by atoms with Crippen LogP contribution in [0.5, 0.6) is 5.75 Å². The molecule has 0 unspecified atom stereocenters. The van der Waals surface area contributed by atoms with Crippen molar-refractivity contribution in [3.05, 3.63) is 82.7 Å². The number of benzene rings is 2. The molecular formula is C29H38N4O4S. The number of nitrogens with zero attached hydrogens (tertiary/aromatic N) is 3. The molecule has 1 aliphatic heterocycles. The summed E-state index contributed by atoms with van der Waals surface area (Å²) >= 11 is 0. The molecule has 0 saturated carbocycles. The second-order valence-electron chi connectivity index (χ2n) is 9.35. The predicted molar refractivity (Wildman–Crippen MR) is 152 cm³/mol. The molecule has 204 valence electrons.